The predicted octanol–water partition coefficient (Wildman–Crippen LogP) is 2.29. The fourth-order valence-corrected chi connectivity index (χ4v) is 3.19. The minimum absolute atomic E-state index is 0. The minimum Gasteiger partial charge on any atom is -0.439 e. The number of nitrogens with one attached hydrogen (secondary N) is 1. The third-order valence-corrected chi connectivity index (χ3v) is 4.23. The second-order valence-electron chi connectivity index (χ2n) is 6.19. The average molecular weight is 412 g/mol. The van der Waals surface area contributed by atoms with Gasteiger partial charge in [-0.1, -0.05) is 52.6 Å². The van der Waals surface area contributed by atoms with Crippen LogP contribution in [-0.2, 0) is 4.74 Å². The van der Waals surface area contributed by atoms with E-state index >= 15 is 0 Å². The molecule has 2 aliphatic rings. The Balaban J connectivity index is 0.00000180. The van der Waals surface area contributed by atoms with Gasteiger partial charge in [0.15, 0.2) is 0 Å². The van der Waals surface area contributed by atoms with Crippen molar-refractivity contribution in [1.29, 1.82) is 0 Å². The third-order valence-electron chi connectivity index (χ3n) is 4.23. The van der Waals surface area contributed by atoms with Crippen LogP contribution in [0.5, 0.6) is 0 Å². The number of ether oxygens (including phenoxy) is 1. The molecule has 1 aliphatic carbocycles. The quantitative estimate of drug-likeness (QED) is 0.659. The molecule has 3 atom stereocenters. The molecule has 1 aliphatic heterocycles. The van der Waals surface area contributed by atoms with E-state index in [2.05, 4.69) is 25.6 Å². The molecule has 1 heterocycles. The van der Waals surface area contributed by atoms with Gasteiger partial charge in [0.1, 0.15) is 0 Å². The van der Waals surface area contributed by atoms with Crippen LogP contribution in [-0.4, -0.2) is 36.0 Å². The first-order chi connectivity index (χ1) is 8.66. The molecular weight excluding hydrogens is 383 g/mol. The summed E-state index contributed by atoms with van der Waals surface area (Å²) in [5, 5.41) is 13.9. The van der Waals surface area contributed by atoms with Crippen LogP contribution in [0, 0.1) is 52.3 Å². The maximum atomic E-state index is 10.4. The summed E-state index contributed by atoms with van der Waals surface area (Å²) in [4.78, 5) is 0. The minimum atomic E-state index is -0.386. The molecule has 0 aromatic carbocycles. The Hall–Kier alpha value is 1.20. The topological polar surface area (TPSA) is 41.5 Å². The first kappa shape index (κ1) is 18.3. The van der Waals surface area contributed by atoms with E-state index in [9.17, 15) is 5.11 Å². The van der Waals surface area contributed by atoms with Gasteiger partial charge in [-0.15, -0.1) is 0 Å². The van der Waals surface area contributed by atoms with E-state index in [0.717, 1.165) is 12.3 Å². The van der Waals surface area contributed by atoms with Crippen molar-refractivity contribution < 1.29 is 49.8 Å². The third kappa shape index (κ3) is 5.84. The zero-order valence-electron chi connectivity index (χ0n) is 12.1. The molecule has 0 amide bonds. The maximum Gasteiger partial charge on any atom is 0.0674 e. The van der Waals surface area contributed by atoms with Gasteiger partial charge in [0.25, 0.3) is 0 Å². The summed E-state index contributed by atoms with van der Waals surface area (Å²) in [6.07, 6.45) is 9.50. The normalized spacial score (nSPS) is 27.5. The summed E-state index contributed by atoms with van der Waals surface area (Å²) in [6, 6.07) is 0.586. The number of hydrogen-bond acceptors (Lipinski definition) is 3. The van der Waals surface area contributed by atoms with Crippen LogP contribution < -0.4 is 5.32 Å². The Kier molecular flexibility index (Phi) is 8.90. The second-order valence-corrected chi connectivity index (χ2v) is 6.19. The number of aliphatic hydroxyl groups is 1. The van der Waals surface area contributed by atoms with E-state index in [1.807, 2.05) is 0 Å². The molecule has 4 heteroatoms. The van der Waals surface area contributed by atoms with Gasteiger partial charge in [0.05, 0.1) is 6.10 Å². The van der Waals surface area contributed by atoms with E-state index in [-0.39, 0.29) is 58.2 Å². The van der Waals surface area contributed by atoms with Crippen molar-refractivity contribution in [3.05, 3.63) is 6.42 Å². The van der Waals surface area contributed by atoms with Gasteiger partial charge in [-0.25, -0.2) is 0 Å². The van der Waals surface area contributed by atoms with Crippen molar-refractivity contribution in [2.45, 2.75) is 76.7 Å². The molecule has 1 saturated heterocycles. The van der Waals surface area contributed by atoms with E-state index in [0.29, 0.717) is 12.6 Å². The number of aliphatic hydroxyl groups excluding tert-OH is 1. The van der Waals surface area contributed by atoms with Crippen LogP contribution in [0.4, 0.5) is 0 Å². The van der Waals surface area contributed by atoms with E-state index in [4.69, 9.17) is 4.74 Å². The first-order valence-corrected chi connectivity index (χ1v) is 7.56. The Morgan fingerprint density at radius 3 is 2.37 bits per heavy atom. The fraction of sp³-hybridized carbons (Fsp3) is 0.933. The van der Waals surface area contributed by atoms with Crippen LogP contribution >= 0.6 is 0 Å². The van der Waals surface area contributed by atoms with E-state index in [1.165, 1.54) is 32.1 Å². The first-order valence-electron chi connectivity index (χ1n) is 7.56. The zero-order chi connectivity index (χ0) is 13.0. The summed E-state index contributed by atoms with van der Waals surface area (Å²) in [5.41, 5.74) is 0. The van der Waals surface area contributed by atoms with Gasteiger partial charge in [0.2, 0.25) is 0 Å². The monoisotopic (exact) mass is 412 g/mol. The molecule has 3 nitrogen and oxygen atoms in total. The largest absolute Gasteiger partial charge is 0.439 e. The Labute approximate surface area is 149 Å². The van der Waals surface area contributed by atoms with Crippen molar-refractivity contribution in [3.8, 4) is 0 Å². The van der Waals surface area contributed by atoms with Crippen molar-refractivity contribution >= 4 is 0 Å². The molecule has 0 bridgehead atoms. The van der Waals surface area contributed by atoms with Crippen LogP contribution in [0.25, 0.3) is 0 Å². The fourth-order valence-electron chi connectivity index (χ4n) is 3.19. The van der Waals surface area contributed by atoms with Crippen LogP contribution in [0.2, 0.25) is 0 Å². The van der Waals surface area contributed by atoms with Gasteiger partial charge >= 0.3 is 0 Å². The van der Waals surface area contributed by atoms with Gasteiger partial charge in [-0.2, -0.15) is 0 Å². The molecule has 0 aromatic heterocycles. The molecule has 1 saturated carbocycles. The van der Waals surface area contributed by atoms with Crippen LogP contribution in [0.1, 0.15) is 52.4 Å². The van der Waals surface area contributed by atoms with Gasteiger partial charge < -0.3 is 15.2 Å². The summed E-state index contributed by atoms with van der Waals surface area (Å²) in [5.74, 6) is 0.782. The summed E-state index contributed by atoms with van der Waals surface area (Å²) in [7, 11) is 0. The molecule has 2 rings (SSSR count). The second kappa shape index (κ2) is 9.27. The molecule has 2 fully saturated rings. The molecular formula is C15H28GdNO2-. The van der Waals surface area contributed by atoms with Crippen molar-refractivity contribution in [1.82, 2.24) is 5.32 Å². The summed E-state index contributed by atoms with van der Waals surface area (Å²) >= 11 is 0. The number of hydrogen-bond donors (Lipinski definition) is 2. The van der Waals surface area contributed by atoms with E-state index in [1.54, 1.807) is 0 Å². The maximum absolute atomic E-state index is 10.4. The van der Waals surface area contributed by atoms with Crippen molar-refractivity contribution in [3.63, 3.8) is 0 Å². The summed E-state index contributed by atoms with van der Waals surface area (Å²) in [6.45, 7) is 4.98. The van der Waals surface area contributed by atoms with Gasteiger partial charge in [-0.3, -0.25) is 6.42 Å². The molecule has 114 valence electrons. The molecule has 3 unspecified atom stereocenters. The molecule has 0 radical (unpaired) electrons. The standard InChI is InChI=1S/C15H28NO2.Gd/c1-11(2)16-13(15(17)14-8-9-18-14)10-12-6-4-3-5-7-12;/h8,11-17H,3-7,9-10H2,1-2H3;/q-1;. The smallest absolute Gasteiger partial charge is 0.0674 e. The zero-order valence-corrected chi connectivity index (χ0v) is 14.4. The molecule has 19 heavy (non-hydrogen) atoms. The van der Waals surface area contributed by atoms with Gasteiger partial charge in [0, 0.05) is 52.0 Å². The predicted molar refractivity (Wildman–Crippen MR) is 73.3 cm³/mol. The van der Waals surface area contributed by atoms with Gasteiger partial charge in [-0.05, 0) is 18.4 Å². The van der Waals surface area contributed by atoms with Crippen LogP contribution in [0.3, 0.4) is 0 Å². The summed E-state index contributed by atoms with van der Waals surface area (Å²) < 4.78 is 5.40. The Morgan fingerprint density at radius 1 is 1.26 bits per heavy atom. The molecule has 0 spiro atoms. The van der Waals surface area contributed by atoms with E-state index < -0.39 is 0 Å². The SMILES string of the molecule is CC(C)NC(CC1CCCCC1)C(O)C1[CH-]CO1.[Gd]. The average Bonchev–Trinajstić information content (AvgIpc) is 2.26. The van der Waals surface area contributed by atoms with Crippen molar-refractivity contribution in [2.24, 2.45) is 5.92 Å². The Morgan fingerprint density at radius 2 is 1.89 bits per heavy atom. The van der Waals surface area contributed by atoms with Crippen LogP contribution in [0.15, 0.2) is 0 Å². The van der Waals surface area contributed by atoms with Crippen molar-refractivity contribution in [2.75, 3.05) is 6.61 Å². The molecule has 2 N–H and O–H groups in total. The Bertz CT molecular complexity index is 240. The molecule has 0 aromatic rings. The number of rotatable bonds is 6.